The fraction of sp³-hybridized carbons (Fsp3) is 0.353. The molecule has 0 atom stereocenters. The number of nitrogens with two attached hydrogens (primary N) is 1. The Morgan fingerprint density at radius 1 is 1.35 bits per heavy atom. The lowest BCUT2D eigenvalue weighted by Crippen LogP contribution is -2.37. The Labute approximate surface area is 170 Å². The Hall–Kier alpha value is -2.30. The van der Waals surface area contributed by atoms with Crippen molar-refractivity contribution in [2.24, 2.45) is 17.8 Å². The van der Waals surface area contributed by atoms with E-state index in [0.29, 0.717) is 24.8 Å². The Balaban J connectivity index is 0.00000338. The summed E-state index contributed by atoms with van der Waals surface area (Å²) < 4.78 is 7.12. The Morgan fingerprint density at radius 2 is 2.15 bits per heavy atom. The molecule has 2 rings (SSSR count). The van der Waals surface area contributed by atoms with Crippen LogP contribution in [0.5, 0.6) is 5.75 Å². The van der Waals surface area contributed by atoms with Gasteiger partial charge in [-0.15, -0.1) is 24.0 Å². The number of guanidine groups is 1. The Bertz CT molecular complexity index is 732. The van der Waals surface area contributed by atoms with Crippen LogP contribution in [0.15, 0.2) is 41.5 Å². The molecule has 0 fully saturated rings. The fourth-order valence-corrected chi connectivity index (χ4v) is 2.15. The maximum atomic E-state index is 10.8. The second-order valence-corrected chi connectivity index (χ2v) is 5.40. The first kappa shape index (κ1) is 21.7. The number of carbonyl (C=O) groups is 1. The molecule has 142 valence electrons. The molecule has 1 aromatic heterocycles. The van der Waals surface area contributed by atoms with Crippen molar-refractivity contribution < 1.29 is 9.53 Å². The zero-order valence-electron chi connectivity index (χ0n) is 14.9. The number of nitrogens with one attached hydrogen (secondary N) is 2. The third-order valence-electron chi connectivity index (χ3n) is 3.40. The quantitative estimate of drug-likeness (QED) is 0.304. The van der Waals surface area contributed by atoms with Crippen LogP contribution >= 0.6 is 24.0 Å². The van der Waals surface area contributed by atoms with E-state index in [1.54, 1.807) is 12.3 Å². The Kier molecular flexibility index (Phi) is 9.48. The van der Waals surface area contributed by atoms with Gasteiger partial charge < -0.3 is 21.1 Å². The van der Waals surface area contributed by atoms with Crippen molar-refractivity contribution in [2.75, 3.05) is 13.2 Å². The second kappa shape index (κ2) is 11.3. The van der Waals surface area contributed by atoms with Gasteiger partial charge in [-0.3, -0.25) is 9.48 Å². The predicted molar refractivity (Wildman–Crippen MR) is 111 cm³/mol. The molecule has 26 heavy (non-hydrogen) atoms. The molecule has 1 heterocycles. The molecular weight excluding hydrogens is 447 g/mol. The molecule has 0 spiro atoms. The number of nitrogens with zero attached hydrogens (tertiary/aromatic N) is 3. The number of ether oxygens (including phenoxy) is 1. The van der Waals surface area contributed by atoms with Crippen LogP contribution < -0.4 is 21.1 Å². The number of amides is 1. The minimum Gasteiger partial charge on any atom is -0.484 e. The van der Waals surface area contributed by atoms with Crippen LogP contribution in [0.1, 0.15) is 18.2 Å². The number of rotatable bonds is 8. The van der Waals surface area contributed by atoms with Gasteiger partial charge in [-0.1, -0.05) is 12.1 Å². The highest BCUT2D eigenvalue weighted by molar-refractivity contribution is 14.0. The van der Waals surface area contributed by atoms with Crippen LogP contribution in [0.2, 0.25) is 0 Å². The van der Waals surface area contributed by atoms with Crippen molar-refractivity contribution in [3.63, 3.8) is 0 Å². The number of hydrogen-bond acceptors (Lipinski definition) is 4. The minimum absolute atomic E-state index is 0. The van der Waals surface area contributed by atoms with E-state index in [-0.39, 0.29) is 30.6 Å². The summed E-state index contributed by atoms with van der Waals surface area (Å²) in [4.78, 5) is 15.4. The molecule has 0 bridgehead atoms. The third-order valence-corrected chi connectivity index (χ3v) is 3.40. The molecular formula is C17H25IN6O2. The number of halogens is 1. The minimum atomic E-state index is -0.503. The van der Waals surface area contributed by atoms with Crippen LogP contribution in [0.4, 0.5) is 0 Å². The van der Waals surface area contributed by atoms with Gasteiger partial charge in [0.05, 0.1) is 18.8 Å². The molecule has 0 saturated carbocycles. The largest absolute Gasteiger partial charge is 0.484 e. The maximum Gasteiger partial charge on any atom is 0.255 e. The Morgan fingerprint density at radius 3 is 2.81 bits per heavy atom. The lowest BCUT2D eigenvalue weighted by atomic mass is 10.2. The normalized spacial score (nSPS) is 10.8. The first-order chi connectivity index (χ1) is 12.1. The number of aryl methyl sites for hydroxylation is 1. The van der Waals surface area contributed by atoms with Crippen LogP contribution in [0.3, 0.4) is 0 Å². The van der Waals surface area contributed by atoms with Gasteiger partial charge in [0.15, 0.2) is 12.6 Å². The molecule has 1 aromatic carbocycles. The highest BCUT2D eigenvalue weighted by Crippen LogP contribution is 2.14. The monoisotopic (exact) mass is 472 g/mol. The maximum absolute atomic E-state index is 10.8. The number of hydrogen-bond donors (Lipinski definition) is 3. The van der Waals surface area contributed by atoms with Crippen LogP contribution in [0.25, 0.3) is 0 Å². The highest BCUT2D eigenvalue weighted by atomic mass is 127. The number of benzene rings is 1. The predicted octanol–water partition coefficient (Wildman–Crippen LogP) is 1.16. The molecule has 8 nitrogen and oxygen atoms in total. The van der Waals surface area contributed by atoms with Gasteiger partial charge in [-0.2, -0.15) is 5.10 Å². The SMILES string of the molecule is CCNC(=NCc1cccc(OCC(N)=O)c1)NCc1ccnn1C.I. The van der Waals surface area contributed by atoms with Crippen molar-refractivity contribution in [3.05, 3.63) is 47.8 Å². The van der Waals surface area contributed by atoms with Crippen molar-refractivity contribution in [1.29, 1.82) is 0 Å². The summed E-state index contributed by atoms with van der Waals surface area (Å²) in [5.74, 6) is 0.809. The van der Waals surface area contributed by atoms with Crippen LogP contribution in [0, 0.1) is 0 Å². The van der Waals surface area contributed by atoms with Gasteiger partial charge >= 0.3 is 0 Å². The molecule has 0 aliphatic heterocycles. The van der Waals surface area contributed by atoms with E-state index in [1.165, 1.54) is 0 Å². The van der Waals surface area contributed by atoms with Crippen LogP contribution in [-0.4, -0.2) is 34.8 Å². The first-order valence-electron chi connectivity index (χ1n) is 8.07. The number of carbonyl (C=O) groups excluding carboxylic acids is 1. The molecule has 0 aliphatic carbocycles. The van der Waals surface area contributed by atoms with E-state index in [9.17, 15) is 4.79 Å². The van der Waals surface area contributed by atoms with Crippen molar-refractivity contribution >= 4 is 35.8 Å². The summed E-state index contributed by atoms with van der Waals surface area (Å²) in [5, 5.41) is 10.6. The first-order valence-corrected chi connectivity index (χ1v) is 8.07. The van der Waals surface area contributed by atoms with E-state index < -0.39 is 5.91 Å². The van der Waals surface area contributed by atoms with Crippen molar-refractivity contribution in [1.82, 2.24) is 20.4 Å². The number of aromatic nitrogens is 2. The average molecular weight is 472 g/mol. The van der Waals surface area contributed by atoms with Gasteiger partial charge in [0.25, 0.3) is 5.91 Å². The molecule has 1 amide bonds. The second-order valence-electron chi connectivity index (χ2n) is 5.40. The topological polar surface area (TPSA) is 107 Å². The van der Waals surface area contributed by atoms with Crippen LogP contribution in [-0.2, 0) is 24.9 Å². The van der Waals surface area contributed by atoms with Crippen molar-refractivity contribution in [2.45, 2.75) is 20.0 Å². The molecule has 0 radical (unpaired) electrons. The van der Waals surface area contributed by atoms with Gasteiger partial charge in [0.1, 0.15) is 5.75 Å². The summed E-state index contributed by atoms with van der Waals surface area (Å²) in [6.45, 7) is 3.75. The van der Waals surface area contributed by atoms with Crippen molar-refractivity contribution in [3.8, 4) is 5.75 Å². The molecule has 2 aromatic rings. The van der Waals surface area contributed by atoms with Gasteiger partial charge in [-0.05, 0) is 30.7 Å². The van der Waals surface area contributed by atoms with Gasteiger partial charge in [-0.25, -0.2) is 4.99 Å². The highest BCUT2D eigenvalue weighted by Gasteiger charge is 2.03. The number of aliphatic imine (C=N–C) groups is 1. The summed E-state index contributed by atoms with van der Waals surface area (Å²) in [5.41, 5.74) is 7.12. The average Bonchev–Trinajstić information content (AvgIpc) is 3.01. The summed E-state index contributed by atoms with van der Waals surface area (Å²) >= 11 is 0. The number of primary amides is 1. The molecule has 0 unspecified atom stereocenters. The van der Waals surface area contributed by atoms with E-state index >= 15 is 0 Å². The van der Waals surface area contributed by atoms with E-state index in [1.807, 2.05) is 42.9 Å². The standard InChI is InChI=1S/C17H24N6O2.HI/c1-3-19-17(21-11-14-7-8-22-23(14)2)20-10-13-5-4-6-15(9-13)25-12-16(18)24;/h4-9H,3,10-12H2,1-2H3,(H2,18,24)(H2,19,20,21);1H. The molecule has 4 N–H and O–H groups in total. The zero-order chi connectivity index (χ0) is 18.1. The van der Waals surface area contributed by atoms with E-state index in [4.69, 9.17) is 10.5 Å². The lowest BCUT2D eigenvalue weighted by molar-refractivity contribution is -0.119. The molecule has 9 heteroatoms. The summed E-state index contributed by atoms with van der Waals surface area (Å²) in [6.07, 6.45) is 1.76. The smallest absolute Gasteiger partial charge is 0.255 e. The molecule has 0 saturated heterocycles. The summed E-state index contributed by atoms with van der Waals surface area (Å²) in [7, 11) is 1.90. The molecule has 0 aliphatic rings. The van der Waals surface area contributed by atoms with E-state index in [2.05, 4.69) is 20.7 Å². The summed E-state index contributed by atoms with van der Waals surface area (Å²) in [6, 6.07) is 9.39. The third kappa shape index (κ3) is 7.30. The van der Waals surface area contributed by atoms with Gasteiger partial charge in [0, 0.05) is 19.8 Å². The van der Waals surface area contributed by atoms with Gasteiger partial charge in [0.2, 0.25) is 0 Å². The fourth-order valence-electron chi connectivity index (χ4n) is 2.15. The lowest BCUT2D eigenvalue weighted by Gasteiger charge is -2.11. The zero-order valence-corrected chi connectivity index (χ0v) is 17.3. The van der Waals surface area contributed by atoms with E-state index in [0.717, 1.165) is 17.8 Å².